The van der Waals surface area contributed by atoms with E-state index in [0.29, 0.717) is 28.1 Å². The molecule has 8 nitrogen and oxygen atoms in total. The van der Waals surface area contributed by atoms with Gasteiger partial charge in [0.1, 0.15) is 10.8 Å². The fourth-order valence-electron chi connectivity index (χ4n) is 2.50. The zero-order chi connectivity index (χ0) is 19.6. The quantitative estimate of drug-likeness (QED) is 0.583. The van der Waals surface area contributed by atoms with Gasteiger partial charge in [0.25, 0.3) is 5.91 Å². The number of carbonyl (C=O) groups excluding carboxylic acids is 2. The van der Waals surface area contributed by atoms with Crippen molar-refractivity contribution in [3.63, 3.8) is 0 Å². The van der Waals surface area contributed by atoms with Crippen molar-refractivity contribution in [3.8, 4) is 11.4 Å². The van der Waals surface area contributed by atoms with Crippen LogP contribution in [0.25, 0.3) is 11.4 Å². The van der Waals surface area contributed by atoms with Crippen molar-refractivity contribution in [2.75, 3.05) is 5.32 Å². The highest BCUT2D eigenvalue weighted by Crippen LogP contribution is 2.30. The highest BCUT2D eigenvalue weighted by molar-refractivity contribution is 8.00. The van der Waals surface area contributed by atoms with E-state index in [2.05, 4.69) is 15.5 Å². The molecule has 0 aromatic carbocycles. The van der Waals surface area contributed by atoms with Crippen LogP contribution in [0.2, 0.25) is 0 Å². The maximum Gasteiger partial charge on any atom is 0.251 e. The van der Waals surface area contributed by atoms with E-state index in [-0.39, 0.29) is 5.91 Å². The minimum atomic E-state index is -0.572. The van der Waals surface area contributed by atoms with Gasteiger partial charge in [-0.25, -0.2) is 0 Å². The van der Waals surface area contributed by atoms with E-state index < -0.39 is 11.2 Å². The zero-order valence-electron chi connectivity index (χ0n) is 15.1. The molecule has 0 bridgehead atoms. The maximum atomic E-state index is 12.5. The highest BCUT2D eigenvalue weighted by Gasteiger charge is 2.23. The number of carbonyl (C=O) groups is 2. The van der Waals surface area contributed by atoms with Crippen molar-refractivity contribution in [1.29, 1.82) is 0 Å². The summed E-state index contributed by atoms with van der Waals surface area (Å²) in [4.78, 5) is 23.9. The number of aryl methyl sites for hydroxylation is 1. The number of nitrogens with one attached hydrogen (secondary N) is 1. The molecule has 0 saturated carbocycles. The average molecular weight is 406 g/mol. The Hall–Kier alpha value is -2.59. The first-order chi connectivity index (χ1) is 12.9. The first-order valence-corrected chi connectivity index (χ1v) is 10.0. The third-order valence-electron chi connectivity index (χ3n) is 3.95. The van der Waals surface area contributed by atoms with Crippen LogP contribution in [0.4, 0.5) is 5.00 Å². The van der Waals surface area contributed by atoms with Crippen LogP contribution in [-0.4, -0.2) is 31.8 Å². The van der Waals surface area contributed by atoms with E-state index in [9.17, 15) is 9.59 Å². The van der Waals surface area contributed by atoms with Gasteiger partial charge in [0, 0.05) is 6.54 Å². The molecule has 0 saturated heterocycles. The Kier molecular flexibility index (Phi) is 5.66. The van der Waals surface area contributed by atoms with E-state index >= 15 is 0 Å². The largest absolute Gasteiger partial charge is 0.469 e. The molecule has 0 unspecified atom stereocenters. The summed E-state index contributed by atoms with van der Waals surface area (Å²) in [5, 5.41) is 13.6. The number of hydrogen-bond donors (Lipinski definition) is 2. The number of aromatic nitrogens is 3. The van der Waals surface area contributed by atoms with Gasteiger partial charge in [0.05, 0.1) is 22.6 Å². The lowest BCUT2D eigenvalue weighted by Crippen LogP contribution is -2.24. The molecule has 0 aliphatic carbocycles. The van der Waals surface area contributed by atoms with Crippen LogP contribution in [0.15, 0.2) is 33.3 Å². The van der Waals surface area contributed by atoms with Crippen molar-refractivity contribution in [1.82, 2.24) is 14.8 Å². The fraction of sp³-hybridized carbons (Fsp3) is 0.294. The van der Waals surface area contributed by atoms with Crippen LogP contribution in [0.1, 0.15) is 30.0 Å². The van der Waals surface area contributed by atoms with Crippen molar-refractivity contribution < 1.29 is 14.0 Å². The molecule has 3 rings (SSSR count). The van der Waals surface area contributed by atoms with Crippen LogP contribution in [0.3, 0.4) is 0 Å². The summed E-state index contributed by atoms with van der Waals surface area (Å²) in [6.45, 7) is 6.28. The molecule has 10 heteroatoms. The molecule has 0 aliphatic heterocycles. The lowest BCUT2D eigenvalue weighted by molar-refractivity contribution is -0.115. The third kappa shape index (κ3) is 3.91. The normalized spacial score (nSPS) is 12.1. The Morgan fingerprint density at radius 1 is 1.41 bits per heavy atom. The van der Waals surface area contributed by atoms with E-state index in [4.69, 9.17) is 10.2 Å². The molecule has 142 valence electrons. The molecule has 0 radical (unpaired) electrons. The van der Waals surface area contributed by atoms with Gasteiger partial charge in [-0.05, 0) is 38.3 Å². The number of furan rings is 1. The first kappa shape index (κ1) is 19.2. The molecule has 27 heavy (non-hydrogen) atoms. The van der Waals surface area contributed by atoms with E-state index in [1.807, 2.05) is 24.5 Å². The van der Waals surface area contributed by atoms with Crippen molar-refractivity contribution >= 4 is 39.9 Å². The summed E-state index contributed by atoms with van der Waals surface area (Å²) in [7, 11) is 0. The second-order valence-electron chi connectivity index (χ2n) is 5.72. The van der Waals surface area contributed by atoms with Crippen molar-refractivity contribution in [2.24, 2.45) is 5.73 Å². The Morgan fingerprint density at radius 3 is 2.81 bits per heavy atom. The molecular weight excluding hydrogens is 386 g/mol. The highest BCUT2D eigenvalue weighted by atomic mass is 32.2. The van der Waals surface area contributed by atoms with Gasteiger partial charge < -0.3 is 20.0 Å². The van der Waals surface area contributed by atoms with Gasteiger partial charge in [-0.15, -0.1) is 21.5 Å². The number of primary amides is 1. The van der Waals surface area contributed by atoms with Gasteiger partial charge in [-0.3, -0.25) is 9.59 Å². The monoisotopic (exact) mass is 405 g/mol. The molecule has 3 aromatic heterocycles. The summed E-state index contributed by atoms with van der Waals surface area (Å²) >= 11 is 2.55. The number of thiophene rings is 1. The number of thioether (sulfide) groups is 1. The molecule has 2 amide bonds. The van der Waals surface area contributed by atoms with Crippen molar-refractivity contribution in [3.05, 3.63) is 35.1 Å². The second-order valence-corrected chi connectivity index (χ2v) is 7.94. The zero-order valence-corrected chi connectivity index (χ0v) is 16.7. The number of amides is 2. The van der Waals surface area contributed by atoms with Gasteiger partial charge in [-0.1, -0.05) is 11.8 Å². The lowest BCUT2D eigenvalue weighted by Gasteiger charge is -2.12. The van der Waals surface area contributed by atoms with E-state index in [1.165, 1.54) is 23.1 Å². The Morgan fingerprint density at radius 2 is 2.19 bits per heavy atom. The predicted molar refractivity (Wildman–Crippen MR) is 105 cm³/mol. The van der Waals surface area contributed by atoms with E-state index in [1.54, 1.807) is 24.6 Å². The Bertz CT molecular complexity index is 975. The summed E-state index contributed by atoms with van der Waals surface area (Å²) in [5.41, 5.74) is 6.49. The Balaban J connectivity index is 1.76. The van der Waals surface area contributed by atoms with Crippen LogP contribution in [-0.2, 0) is 11.3 Å². The molecule has 3 N–H and O–H groups in total. The minimum Gasteiger partial charge on any atom is -0.469 e. The summed E-state index contributed by atoms with van der Waals surface area (Å²) in [5.74, 6) is 0.651. The first-order valence-electron chi connectivity index (χ1n) is 8.24. The number of nitrogens with two attached hydrogens (primary N) is 1. The number of rotatable bonds is 7. The van der Waals surface area contributed by atoms with Gasteiger partial charge in [0.2, 0.25) is 5.91 Å². The van der Waals surface area contributed by atoms with Crippen LogP contribution in [0.5, 0.6) is 0 Å². The standard InChI is InChI=1S/C17H19N5O3S2/c1-4-22-14(11-5-7-25-9(11)2)20-21-17(22)27-10(3)15(24)19-16-12(13(18)23)6-8-26-16/h5-8,10H,4H2,1-3H3,(H2,18,23)(H,19,24)/t10-/m0/s1. The average Bonchev–Trinajstić information content (AvgIpc) is 3.34. The third-order valence-corrected chi connectivity index (χ3v) is 5.86. The van der Waals surface area contributed by atoms with Gasteiger partial charge >= 0.3 is 0 Å². The smallest absolute Gasteiger partial charge is 0.251 e. The SMILES string of the molecule is CCn1c(S[C@@H](C)C(=O)Nc2sccc2C(N)=O)nnc1-c1ccoc1C. The molecule has 0 spiro atoms. The van der Waals surface area contributed by atoms with E-state index in [0.717, 1.165) is 11.3 Å². The molecule has 3 aromatic rings. The van der Waals surface area contributed by atoms with Crippen LogP contribution >= 0.6 is 23.1 Å². The number of hydrogen-bond acceptors (Lipinski definition) is 7. The van der Waals surface area contributed by atoms with Crippen LogP contribution < -0.4 is 11.1 Å². The topological polar surface area (TPSA) is 116 Å². The molecule has 1 atom stereocenters. The minimum absolute atomic E-state index is 0.239. The molecular formula is C17H19N5O3S2. The number of nitrogens with zero attached hydrogens (tertiary/aromatic N) is 3. The van der Waals surface area contributed by atoms with Crippen LogP contribution in [0, 0.1) is 6.92 Å². The summed E-state index contributed by atoms with van der Waals surface area (Å²) in [6.07, 6.45) is 1.61. The molecule has 0 fully saturated rings. The lowest BCUT2D eigenvalue weighted by atomic mass is 10.2. The Labute approximate surface area is 164 Å². The van der Waals surface area contributed by atoms with Crippen molar-refractivity contribution in [2.45, 2.75) is 37.7 Å². The summed E-state index contributed by atoms with van der Waals surface area (Å²) in [6, 6.07) is 3.44. The fourth-order valence-corrected chi connectivity index (χ4v) is 4.21. The predicted octanol–water partition coefficient (Wildman–Crippen LogP) is 3.15. The molecule has 3 heterocycles. The second kappa shape index (κ2) is 7.97. The summed E-state index contributed by atoms with van der Waals surface area (Å²) < 4.78 is 7.28. The number of anilines is 1. The molecule has 0 aliphatic rings. The van der Waals surface area contributed by atoms with Gasteiger partial charge in [0.15, 0.2) is 11.0 Å². The maximum absolute atomic E-state index is 12.5. The van der Waals surface area contributed by atoms with Gasteiger partial charge in [-0.2, -0.15) is 0 Å².